The lowest BCUT2D eigenvalue weighted by Gasteiger charge is -2.34. The highest BCUT2D eigenvalue weighted by atomic mass is 28.3. The van der Waals surface area contributed by atoms with Gasteiger partial charge in [-0.25, -0.2) is 9.97 Å². The Morgan fingerprint density at radius 2 is 0.653 bits per heavy atom. The van der Waals surface area contributed by atoms with Gasteiger partial charge in [-0.1, -0.05) is 231 Å². The van der Waals surface area contributed by atoms with Crippen LogP contribution < -0.4 is 20.7 Å². The average molecular weight is 973 g/mol. The molecule has 11 aromatic carbocycles. The van der Waals surface area contributed by atoms with E-state index in [0.717, 1.165) is 72.4 Å². The number of hydrogen-bond donors (Lipinski definition) is 0. The Morgan fingerprint density at radius 3 is 1.16 bits per heavy atom. The second-order valence-corrected chi connectivity index (χ2v) is 23.1. The number of hydrogen-bond acceptors (Lipinski definition) is 2. The molecule has 0 radical (unpaired) electrons. The summed E-state index contributed by atoms with van der Waals surface area (Å²) in [5.41, 5.74) is 12.9. The van der Waals surface area contributed by atoms with E-state index in [4.69, 9.17) is 9.97 Å². The molecule has 0 saturated carbocycles. The molecule has 0 amide bonds. The lowest BCUT2D eigenvalue weighted by Crippen LogP contribution is -2.74. The number of aromatic nitrogens is 4. The normalized spacial score (nSPS) is 11.7. The second kappa shape index (κ2) is 18.4. The number of nitrogens with zero attached hydrogens (tertiary/aromatic N) is 4. The van der Waals surface area contributed by atoms with Crippen LogP contribution in [0.15, 0.2) is 291 Å². The van der Waals surface area contributed by atoms with E-state index < -0.39 is 8.07 Å². The Balaban J connectivity index is 1.000. The topological polar surface area (TPSA) is 35.6 Å². The maximum absolute atomic E-state index is 5.61. The molecule has 0 atom stereocenters. The van der Waals surface area contributed by atoms with Crippen molar-refractivity contribution >= 4 is 72.4 Å². The van der Waals surface area contributed by atoms with Crippen molar-refractivity contribution in [1.82, 2.24) is 19.1 Å². The van der Waals surface area contributed by atoms with Crippen LogP contribution in [0.3, 0.4) is 0 Å². The highest BCUT2D eigenvalue weighted by molar-refractivity contribution is 7.19. The van der Waals surface area contributed by atoms with Crippen molar-refractivity contribution in [3.63, 3.8) is 0 Å². The number of benzene rings is 11. The minimum absolute atomic E-state index is 0.652. The van der Waals surface area contributed by atoms with Gasteiger partial charge in [-0.3, -0.25) is 4.57 Å². The molecule has 4 nitrogen and oxygen atoms in total. The molecule has 5 heteroatoms. The number of para-hydroxylation sites is 3. The predicted octanol–water partition coefficient (Wildman–Crippen LogP) is 14.7. The summed E-state index contributed by atoms with van der Waals surface area (Å²) in [6.07, 6.45) is 0. The third kappa shape index (κ3) is 7.51. The van der Waals surface area contributed by atoms with E-state index in [0.29, 0.717) is 5.82 Å². The maximum atomic E-state index is 5.61. The first-order chi connectivity index (χ1) is 37.2. The standard InChI is InChI=1S/C70H48N4Si/c1-6-22-49(23-7-1)52-44-53(50-24-8-2-9-25-50)46-54(45-52)64-48-69(74-67-37-21-18-34-62(67)63-47-55(40-43-68(63)74)73-65-35-19-16-32-60(65)61-33-17-20-36-66(61)73)72-70(71-64)51-38-41-59(42-39-51)75(56-26-10-3-11-27-56,57-28-12-4-13-29-57)58-30-14-5-15-31-58/h1-48H. The van der Waals surface area contributed by atoms with Crippen molar-refractivity contribution in [2.45, 2.75) is 0 Å². The maximum Gasteiger partial charge on any atom is 0.179 e. The zero-order valence-corrected chi connectivity index (χ0v) is 42.0. The van der Waals surface area contributed by atoms with Crippen LogP contribution in [0.1, 0.15) is 0 Å². The molecule has 75 heavy (non-hydrogen) atoms. The number of fused-ring (bicyclic) bond motifs is 6. The lowest BCUT2D eigenvalue weighted by atomic mass is 9.95. The van der Waals surface area contributed by atoms with Gasteiger partial charge in [-0.2, -0.15) is 0 Å². The van der Waals surface area contributed by atoms with Gasteiger partial charge in [0, 0.05) is 44.4 Å². The Morgan fingerprint density at radius 1 is 0.253 bits per heavy atom. The monoisotopic (exact) mass is 972 g/mol. The summed E-state index contributed by atoms with van der Waals surface area (Å²) in [4.78, 5) is 11.2. The molecule has 0 unspecified atom stereocenters. The van der Waals surface area contributed by atoms with E-state index in [9.17, 15) is 0 Å². The largest absolute Gasteiger partial charge is 0.309 e. The third-order valence-corrected chi connectivity index (χ3v) is 19.9. The van der Waals surface area contributed by atoms with Crippen LogP contribution >= 0.6 is 0 Å². The molecule has 0 fully saturated rings. The smallest absolute Gasteiger partial charge is 0.179 e. The molecule has 0 aliphatic heterocycles. The highest BCUT2D eigenvalue weighted by Gasteiger charge is 2.41. The Bertz CT molecular complexity index is 4170. The Kier molecular flexibility index (Phi) is 10.8. The molecule has 352 valence electrons. The third-order valence-electron chi connectivity index (χ3n) is 15.1. The fraction of sp³-hybridized carbons (Fsp3) is 0. The summed E-state index contributed by atoms with van der Waals surface area (Å²) < 4.78 is 4.73. The van der Waals surface area contributed by atoms with Gasteiger partial charge < -0.3 is 4.57 Å². The predicted molar refractivity (Wildman–Crippen MR) is 316 cm³/mol. The molecule has 0 saturated heterocycles. The van der Waals surface area contributed by atoms with Crippen LogP contribution in [0, 0.1) is 0 Å². The fourth-order valence-corrected chi connectivity index (χ4v) is 16.4. The molecule has 14 rings (SSSR count). The molecule has 0 bridgehead atoms. The number of rotatable bonds is 10. The zero-order valence-electron chi connectivity index (χ0n) is 41.0. The van der Waals surface area contributed by atoms with Gasteiger partial charge in [-0.15, -0.1) is 0 Å². The van der Waals surface area contributed by atoms with E-state index in [1.165, 1.54) is 42.6 Å². The zero-order chi connectivity index (χ0) is 49.7. The lowest BCUT2D eigenvalue weighted by molar-refractivity contribution is 1.05. The van der Waals surface area contributed by atoms with E-state index in [1.807, 2.05) is 0 Å². The molecule has 0 N–H and O–H groups in total. The van der Waals surface area contributed by atoms with Gasteiger partial charge in [0.05, 0.1) is 27.8 Å². The first kappa shape index (κ1) is 44.1. The average Bonchev–Trinajstić information content (AvgIpc) is 4.01. The van der Waals surface area contributed by atoms with E-state index >= 15 is 0 Å². The van der Waals surface area contributed by atoms with Gasteiger partial charge in [0.2, 0.25) is 0 Å². The van der Waals surface area contributed by atoms with Crippen LogP contribution in [0.2, 0.25) is 0 Å². The first-order valence-corrected chi connectivity index (χ1v) is 27.6. The summed E-state index contributed by atoms with van der Waals surface area (Å²) in [5.74, 6) is 1.45. The van der Waals surface area contributed by atoms with Crippen LogP contribution in [0.5, 0.6) is 0 Å². The molecule has 14 aromatic rings. The SMILES string of the molecule is c1ccc(-c2cc(-c3ccccc3)cc(-c3cc(-n4c5ccccc5c5cc(-n6c7ccccc7c7ccccc76)ccc54)nc(-c4ccc([Si](c5ccccc5)(c5ccccc5)c5ccccc5)cc4)n3)c2)cc1. The van der Waals surface area contributed by atoms with Crippen molar-refractivity contribution in [3.05, 3.63) is 291 Å². The Labute approximate surface area is 436 Å². The van der Waals surface area contributed by atoms with Crippen LogP contribution in [0.4, 0.5) is 0 Å². The van der Waals surface area contributed by atoms with Gasteiger partial charge in [0.25, 0.3) is 0 Å². The quantitative estimate of drug-likeness (QED) is 0.101. The fourth-order valence-electron chi connectivity index (χ4n) is 11.7. The van der Waals surface area contributed by atoms with Crippen molar-refractivity contribution < 1.29 is 0 Å². The minimum Gasteiger partial charge on any atom is -0.309 e. The van der Waals surface area contributed by atoms with Crippen molar-refractivity contribution in [2.24, 2.45) is 0 Å². The molecule has 3 heterocycles. The van der Waals surface area contributed by atoms with Crippen molar-refractivity contribution in [3.8, 4) is 56.4 Å². The molecular weight excluding hydrogens is 925 g/mol. The highest BCUT2D eigenvalue weighted by Crippen LogP contribution is 2.39. The molecule has 0 aliphatic rings. The summed E-state index contributed by atoms with van der Waals surface area (Å²) >= 11 is 0. The van der Waals surface area contributed by atoms with Gasteiger partial charge in [0.15, 0.2) is 13.9 Å². The van der Waals surface area contributed by atoms with Gasteiger partial charge in [0.1, 0.15) is 5.82 Å². The van der Waals surface area contributed by atoms with Crippen LogP contribution in [0.25, 0.3) is 100 Å². The summed E-state index contributed by atoms with van der Waals surface area (Å²) in [6.45, 7) is 0. The summed E-state index contributed by atoms with van der Waals surface area (Å²) in [7, 11) is -2.78. The van der Waals surface area contributed by atoms with Gasteiger partial charge in [-0.05, 0) is 97.6 Å². The molecule has 0 spiro atoms. The second-order valence-electron chi connectivity index (χ2n) is 19.3. The minimum atomic E-state index is -2.78. The summed E-state index contributed by atoms with van der Waals surface area (Å²) in [6, 6.07) is 106. The summed E-state index contributed by atoms with van der Waals surface area (Å²) in [5, 5.41) is 10.1. The molecule has 0 aliphatic carbocycles. The molecule has 3 aromatic heterocycles. The van der Waals surface area contributed by atoms with E-state index in [-0.39, 0.29) is 0 Å². The van der Waals surface area contributed by atoms with Crippen LogP contribution in [-0.2, 0) is 0 Å². The van der Waals surface area contributed by atoms with Crippen molar-refractivity contribution in [1.29, 1.82) is 0 Å². The Hall–Kier alpha value is -9.68. The van der Waals surface area contributed by atoms with E-state index in [2.05, 4.69) is 300 Å². The van der Waals surface area contributed by atoms with E-state index in [1.54, 1.807) is 0 Å². The molecular formula is C70H48N4Si. The van der Waals surface area contributed by atoms with Gasteiger partial charge >= 0.3 is 0 Å². The first-order valence-electron chi connectivity index (χ1n) is 25.6. The van der Waals surface area contributed by atoms with Crippen LogP contribution in [-0.4, -0.2) is 27.2 Å². The van der Waals surface area contributed by atoms with Crippen molar-refractivity contribution in [2.75, 3.05) is 0 Å².